The van der Waals surface area contributed by atoms with E-state index in [0.717, 1.165) is 3.57 Å². The highest BCUT2D eigenvalue weighted by atomic mass is 127. The average Bonchev–Trinajstić information content (AvgIpc) is 2.42. The van der Waals surface area contributed by atoms with Gasteiger partial charge in [-0.1, -0.05) is 11.6 Å². The van der Waals surface area contributed by atoms with Crippen molar-refractivity contribution in [1.29, 1.82) is 0 Å². The van der Waals surface area contributed by atoms with Crippen molar-refractivity contribution in [3.05, 3.63) is 56.0 Å². The quantitative estimate of drug-likeness (QED) is 0.563. The van der Waals surface area contributed by atoms with Gasteiger partial charge in [0, 0.05) is 15.7 Å². The molecule has 2 N–H and O–H groups in total. The maximum Gasteiger partial charge on any atom is 0.316 e. The van der Waals surface area contributed by atoms with Gasteiger partial charge < -0.3 is 0 Å². The predicted molar refractivity (Wildman–Crippen MR) is 86.5 cm³/mol. The third-order valence-electron chi connectivity index (χ3n) is 2.54. The molecule has 0 aliphatic heterocycles. The molecule has 2 aromatic carbocycles. The van der Waals surface area contributed by atoms with Gasteiger partial charge in [-0.2, -0.15) is 0 Å². The number of anilines is 1. The van der Waals surface area contributed by atoms with E-state index in [1.165, 1.54) is 24.3 Å². The molecule has 0 atom stereocenters. The summed E-state index contributed by atoms with van der Waals surface area (Å²) in [5.41, 5.74) is 0.190. The first-order valence-electron chi connectivity index (χ1n) is 5.54. The van der Waals surface area contributed by atoms with Crippen molar-refractivity contribution in [2.24, 2.45) is 0 Å². The summed E-state index contributed by atoms with van der Waals surface area (Å²) in [7, 11) is -3.83. The van der Waals surface area contributed by atoms with Gasteiger partial charge in [0.25, 0.3) is 14.9 Å². The molecular weight excluding hydrogens is 431 g/mol. The number of hydrogen-bond donors (Lipinski definition) is 2. The molecule has 0 aliphatic carbocycles. The minimum atomic E-state index is -3.83. The van der Waals surface area contributed by atoms with E-state index in [9.17, 15) is 13.3 Å². The number of nitrogens with one attached hydrogen (secondary N) is 1. The van der Waals surface area contributed by atoms with Crippen molar-refractivity contribution in [1.82, 2.24) is 0 Å². The molecule has 2 aromatic rings. The zero-order valence-corrected chi connectivity index (χ0v) is 14.1. The minimum absolute atomic E-state index is 0.0530. The van der Waals surface area contributed by atoms with Crippen molar-refractivity contribution in [2.75, 3.05) is 4.72 Å². The Balaban J connectivity index is 2.31. The van der Waals surface area contributed by atoms with Crippen LogP contribution in [0.25, 0.3) is 0 Å². The molecule has 0 unspecified atom stereocenters. The summed E-state index contributed by atoms with van der Waals surface area (Å²) in [6, 6.07) is 9.70. The molecule has 0 spiro atoms. The molecule has 0 aliphatic rings. The van der Waals surface area contributed by atoms with Gasteiger partial charge in [0.2, 0.25) is 0 Å². The standard InChI is InChI=1S/C12H9ClIN2O4S/c13-11-7-8(14)1-6-12(11)15-21(19,20)10-4-2-9(3-5-10)16(17)18/h1-7,15H,(H,17,18)/q+1. The van der Waals surface area contributed by atoms with Crippen molar-refractivity contribution in [2.45, 2.75) is 4.90 Å². The second-order valence-corrected chi connectivity index (χ2v) is 7.33. The number of sulfonamides is 1. The smallest absolute Gasteiger partial charge is 0.278 e. The van der Waals surface area contributed by atoms with Crippen LogP contribution in [0.3, 0.4) is 0 Å². The number of rotatable bonds is 4. The van der Waals surface area contributed by atoms with E-state index in [1.807, 2.05) is 0 Å². The Bertz CT molecular complexity index is 793. The maximum absolute atomic E-state index is 12.2. The monoisotopic (exact) mass is 439 g/mol. The van der Waals surface area contributed by atoms with E-state index in [-0.39, 0.29) is 26.2 Å². The third-order valence-corrected chi connectivity index (χ3v) is 4.91. The lowest BCUT2D eigenvalue weighted by Gasteiger charge is -2.09. The molecule has 0 saturated carbocycles. The van der Waals surface area contributed by atoms with Gasteiger partial charge in [-0.25, -0.2) is 13.6 Å². The first kappa shape index (κ1) is 16.0. The van der Waals surface area contributed by atoms with Crippen molar-refractivity contribution in [3.63, 3.8) is 0 Å². The van der Waals surface area contributed by atoms with E-state index < -0.39 is 10.0 Å². The van der Waals surface area contributed by atoms with E-state index in [2.05, 4.69) is 27.3 Å². The summed E-state index contributed by atoms with van der Waals surface area (Å²) in [6.45, 7) is 0. The zero-order chi connectivity index (χ0) is 15.6. The predicted octanol–water partition coefficient (Wildman–Crippen LogP) is 3.55. The largest absolute Gasteiger partial charge is 0.316 e. The van der Waals surface area contributed by atoms with Crippen LogP contribution in [0.5, 0.6) is 0 Å². The summed E-state index contributed by atoms with van der Waals surface area (Å²) >= 11 is 8.04. The summed E-state index contributed by atoms with van der Waals surface area (Å²) in [4.78, 5) is 10.3. The fourth-order valence-electron chi connectivity index (χ4n) is 1.53. The van der Waals surface area contributed by atoms with Crippen LogP contribution in [0, 0.1) is 8.48 Å². The molecule has 0 heterocycles. The van der Waals surface area contributed by atoms with Crippen LogP contribution in [-0.2, 0) is 10.0 Å². The second-order valence-electron chi connectivity index (χ2n) is 4.00. The normalized spacial score (nSPS) is 11.1. The number of halogens is 2. The van der Waals surface area contributed by atoms with Gasteiger partial charge in [0.1, 0.15) is 0 Å². The summed E-state index contributed by atoms with van der Waals surface area (Å²) < 4.78 is 27.6. The van der Waals surface area contributed by atoms with Crippen LogP contribution in [0.1, 0.15) is 0 Å². The first-order chi connectivity index (χ1) is 9.79. The molecular formula is C12H9ClIN2O4S+. The Kier molecular flexibility index (Phi) is 4.69. The summed E-state index contributed by atoms with van der Waals surface area (Å²) in [6.07, 6.45) is 0. The highest BCUT2D eigenvalue weighted by molar-refractivity contribution is 14.1. The zero-order valence-electron chi connectivity index (χ0n) is 10.3. The molecule has 0 fully saturated rings. The highest BCUT2D eigenvalue weighted by Crippen LogP contribution is 2.26. The van der Waals surface area contributed by atoms with Gasteiger partial charge in [0.05, 0.1) is 20.5 Å². The van der Waals surface area contributed by atoms with Crippen molar-refractivity contribution < 1.29 is 18.5 Å². The average molecular weight is 440 g/mol. The molecule has 9 heteroatoms. The van der Waals surface area contributed by atoms with Crippen LogP contribution in [-0.4, -0.2) is 18.5 Å². The van der Waals surface area contributed by atoms with E-state index in [0.29, 0.717) is 0 Å². The molecule has 0 saturated heterocycles. The van der Waals surface area contributed by atoms with E-state index in [4.69, 9.17) is 16.8 Å². The SMILES string of the molecule is O=[N+](O)c1ccc(S(=O)(=O)Nc2ccc(I)cc2Cl)cc1. The molecule has 110 valence electrons. The van der Waals surface area contributed by atoms with Crippen LogP contribution in [0.15, 0.2) is 47.4 Å². The van der Waals surface area contributed by atoms with Crippen LogP contribution < -0.4 is 4.72 Å². The van der Waals surface area contributed by atoms with Crippen molar-refractivity contribution >= 4 is 55.6 Å². The van der Waals surface area contributed by atoms with Gasteiger partial charge in [-0.15, -0.1) is 0 Å². The van der Waals surface area contributed by atoms with Crippen LogP contribution in [0.2, 0.25) is 5.02 Å². The number of nitrogens with zero attached hydrogens (tertiary/aromatic N) is 1. The summed E-state index contributed by atoms with van der Waals surface area (Å²) in [5.74, 6) is 0. The number of benzene rings is 2. The van der Waals surface area contributed by atoms with Crippen LogP contribution >= 0.6 is 34.2 Å². The third kappa shape index (κ3) is 3.83. The molecule has 6 nitrogen and oxygen atoms in total. The summed E-state index contributed by atoms with van der Waals surface area (Å²) in [5, 5.41) is 8.99. The molecule has 0 aromatic heterocycles. The van der Waals surface area contributed by atoms with Crippen molar-refractivity contribution in [3.8, 4) is 0 Å². The minimum Gasteiger partial charge on any atom is -0.278 e. The first-order valence-corrected chi connectivity index (χ1v) is 8.48. The molecule has 21 heavy (non-hydrogen) atoms. The number of hydrogen-bond acceptors (Lipinski definition) is 3. The lowest BCUT2D eigenvalue weighted by atomic mass is 10.3. The van der Waals surface area contributed by atoms with Gasteiger partial charge >= 0.3 is 5.69 Å². The fraction of sp³-hybridized carbons (Fsp3) is 0. The highest BCUT2D eigenvalue weighted by Gasteiger charge is 2.18. The Morgan fingerprint density at radius 1 is 1.14 bits per heavy atom. The Labute approximate surface area is 139 Å². The van der Waals surface area contributed by atoms with Crippen LogP contribution in [0.4, 0.5) is 11.4 Å². The lowest BCUT2D eigenvalue weighted by Crippen LogP contribution is -2.13. The fourth-order valence-corrected chi connectivity index (χ4v) is 3.57. The van der Waals surface area contributed by atoms with E-state index in [1.54, 1.807) is 18.2 Å². The van der Waals surface area contributed by atoms with E-state index >= 15 is 0 Å². The maximum atomic E-state index is 12.2. The Hall–Kier alpha value is -1.39. The molecule has 0 radical (unpaired) electrons. The topological polar surface area (TPSA) is 86.5 Å². The van der Waals surface area contributed by atoms with Gasteiger partial charge in [-0.3, -0.25) is 4.72 Å². The Morgan fingerprint density at radius 3 is 2.29 bits per heavy atom. The molecule has 0 amide bonds. The van der Waals surface area contributed by atoms with Gasteiger partial charge in [-0.05, 0) is 52.9 Å². The molecule has 0 bridgehead atoms. The Morgan fingerprint density at radius 2 is 1.76 bits per heavy atom. The molecule has 2 rings (SSSR count). The lowest BCUT2D eigenvalue weighted by molar-refractivity contribution is -0.729. The second kappa shape index (κ2) is 6.16. The van der Waals surface area contributed by atoms with Gasteiger partial charge in [0.15, 0.2) is 0 Å².